The van der Waals surface area contributed by atoms with Gasteiger partial charge in [0.1, 0.15) is 12.4 Å². The van der Waals surface area contributed by atoms with Gasteiger partial charge in [-0.25, -0.2) is 5.06 Å². The number of benzene rings is 1. The Labute approximate surface area is 80.9 Å². The van der Waals surface area contributed by atoms with Gasteiger partial charge in [0, 0.05) is 0 Å². The van der Waals surface area contributed by atoms with Crippen molar-refractivity contribution in [1.29, 1.82) is 0 Å². The number of hydrogen-bond acceptors (Lipinski definition) is 5. The maximum atomic E-state index is 10.6. The highest BCUT2D eigenvalue weighted by Gasteiger charge is 2.23. The topological polar surface area (TPSA) is 61.8 Å². The lowest BCUT2D eigenvalue weighted by Gasteiger charge is -2.15. The number of aldehydes is 1. The van der Waals surface area contributed by atoms with Crippen molar-refractivity contribution in [2.75, 3.05) is 24.2 Å². The second kappa shape index (κ2) is 3.19. The molecule has 14 heavy (non-hydrogen) atoms. The second-order valence-electron chi connectivity index (χ2n) is 2.91. The van der Waals surface area contributed by atoms with E-state index < -0.39 is 0 Å². The molecular weight excluding hydrogens is 184 g/mol. The largest absolute Gasteiger partial charge is 0.505 e. The molecule has 0 atom stereocenters. The maximum absolute atomic E-state index is 10.6. The molecule has 1 aliphatic rings. The highest BCUT2D eigenvalue weighted by atomic mass is 16.7. The van der Waals surface area contributed by atoms with Crippen LogP contribution in [-0.4, -0.2) is 25.2 Å². The molecule has 1 heterocycles. The van der Waals surface area contributed by atoms with Gasteiger partial charge in [0.05, 0.1) is 18.4 Å². The molecule has 0 radical (unpaired) electrons. The Kier molecular flexibility index (Phi) is 2.01. The van der Waals surface area contributed by atoms with Crippen LogP contribution in [0.2, 0.25) is 0 Å². The Hall–Kier alpha value is -1.75. The maximum Gasteiger partial charge on any atom is 0.153 e. The summed E-state index contributed by atoms with van der Waals surface area (Å²) < 4.78 is 0. The smallest absolute Gasteiger partial charge is 0.153 e. The SMILES string of the molecule is CON1CNc2ccc(C=O)c(O)c21. The van der Waals surface area contributed by atoms with Gasteiger partial charge in [-0.1, -0.05) is 0 Å². The molecule has 74 valence electrons. The fourth-order valence-electron chi connectivity index (χ4n) is 1.48. The highest BCUT2D eigenvalue weighted by Crippen LogP contribution is 2.40. The first kappa shape index (κ1) is 8.83. The first-order valence-corrected chi connectivity index (χ1v) is 4.14. The summed E-state index contributed by atoms with van der Waals surface area (Å²) in [5, 5.41) is 14.2. The molecule has 2 rings (SSSR count). The third-order valence-corrected chi connectivity index (χ3v) is 2.19. The molecule has 5 nitrogen and oxygen atoms in total. The molecule has 0 spiro atoms. The fraction of sp³-hybridized carbons (Fsp3) is 0.222. The van der Waals surface area contributed by atoms with Crippen molar-refractivity contribution < 1.29 is 14.7 Å². The minimum absolute atomic E-state index is 0.0515. The number of phenols is 1. The molecule has 5 heteroatoms. The lowest BCUT2D eigenvalue weighted by molar-refractivity contribution is 0.112. The monoisotopic (exact) mass is 194 g/mol. The molecule has 0 aromatic heterocycles. The predicted octanol–water partition coefficient (Wildman–Crippen LogP) is 0.956. The van der Waals surface area contributed by atoms with Crippen molar-refractivity contribution in [2.24, 2.45) is 0 Å². The van der Waals surface area contributed by atoms with E-state index in [9.17, 15) is 9.90 Å². The number of nitrogens with zero attached hydrogens (tertiary/aromatic N) is 1. The van der Waals surface area contributed by atoms with Crippen LogP contribution in [0.4, 0.5) is 11.4 Å². The summed E-state index contributed by atoms with van der Waals surface area (Å²) in [6.45, 7) is 0.460. The van der Waals surface area contributed by atoms with Gasteiger partial charge in [-0.15, -0.1) is 0 Å². The van der Waals surface area contributed by atoms with Gasteiger partial charge in [0.25, 0.3) is 0 Å². The van der Waals surface area contributed by atoms with Gasteiger partial charge in [-0.05, 0) is 12.1 Å². The first-order valence-electron chi connectivity index (χ1n) is 4.14. The average Bonchev–Trinajstić information content (AvgIpc) is 2.62. The predicted molar refractivity (Wildman–Crippen MR) is 51.5 cm³/mol. The van der Waals surface area contributed by atoms with Crippen molar-refractivity contribution in [2.45, 2.75) is 0 Å². The van der Waals surface area contributed by atoms with Gasteiger partial charge in [-0.3, -0.25) is 9.63 Å². The molecule has 0 aliphatic carbocycles. The number of hydroxylamine groups is 1. The molecule has 0 fully saturated rings. The summed E-state index contributed by atoms with van der Waals surface area (Å²) >= 11 is 0. The zero-order valence-corrected chi connectivity index (χ0v) is 7.65. The summed E-state index contributed by atoms with van der Waals surface area (Å²) in [6, 6.07) is 3.30. The van der Waals surface area contributed by atoms with Crippen LogP contribution in [0, 0.1) is 0 Å². The third-order valence-electron chi connectivity index (χ3n) is 2.19. The van der Waals surface area contributed by atoms with Gasteiger partial charge in [0.2, 0.25) is 0 Å². The normalized spacial score (nSPS) is 13.6. The number of carbonyl (C=O) groups is 1. The van der Waals surface area contributed by atoms with E-state index in [1.54, 1.807) is 12.1 Å². The van der Waals surface area contributed by atoms with Crippen LogP contribution in [0.25, 0.3) is 0 Å². The number of carbonyl (C=O) groups excluding carboxylic acids is 1. The number of hydrogen-bond donors (Lipinski definition) is 2. The zero-order valence-electron chi connectivity index (χ0n) is 7.65. The Bertz CT molecular complexity index is 379. The Morgan fingerprint density at radius 3 is 3.07 bits per heavy atom. The van der Waals surface area contributed by atoms with Gasteiger partial charge in [0.15, 0.2) is 12.0 Å². The average molecular weight is 194 g/mol. The lowest BCUT2D eigenvalue weighted by atomic mass is 10.1. The number of rotatable bonds is 2. The Balaban J connectivity index is 2.55. The van der Waals surface area contributed by atoms with Gasteiger partial charge in [-0.2, -0.15) is 0 Å². The highest BCUT2D eigenvalue weighted by molar-refractivity contribution is 5.90. The van der Waals surface area contributed by atoms with Crippen LogP contribution in [-0.2, 0) is 4.84 Å². The molecule has 1 aromatic rings. The van der Waals surface area contributed by atoms with E-state index in [-0.39, 0.29) is 11.3 Å². The summed E-state index contributed by atoms with van der Waals surface area (Å²) in [6.07, 6.45) is 0.613. The standard InChI is InChI=1S/C9H10N2O3/c1-14-11-5-10-7-3-2-6(4-12)9(13)8(7)11/h2-4,10,13H,5H2,1H3. The molecule has 0 unspecified atom stereocenters. The molecular formula is C9H10N2O3. The number of phenolic OH excluding ortho intramolecular Hbond substituents is 1. The molecule has 1 aliphatic heterocycles. The van der Waals surface area contributed by atoms with Gasteiger partial charge >= 0.3 is 0 Å². The van der Waals surface area contributed by atoms with Crippen molar-refractivity contribution >= 4 is 17.7 Å². The third kappa shape index (κ3) is 1.10. The number of fused-ring (bicyclic) bond motifs is 1. The van der Waals surface area contributed by atoms with Crippen LogP contribution in [0.1, 0.15) is 10.4 Å². The van der Waals surface area contributed by atoms with E-state index in [0.29, 0.717) is 18.6 Å². The van der Waals surface area contributed by atoms with Crippen LogP contribution >= 0.6 is 0 Å². The van der Waals surface area contributed by atoms with E-state index in [4.69, 9.17) is 4.84 Å². The Morgan fingerprint density at radius 2 is 2.43 bits per heavy atom. The molecule has 0 saturated carbocycles. The Morgan fingerprint density at radius 1 is 1.64 bits per heavy atom. The molecule has 0 amide bonds. The van der Waals surface area contributed by atoms with E-state index in [0.717, 1.165) is 5.69 Å². The van der Waals surface area contributed by atoms with Gasteiger partial charge < -0.3 is 10.4 Å². The van der Waals surface area contributed by atoms with Crippen LogP contribution in [0.3, 0.4) is 0 Å². The number of aromatic hydroxyl groups is 1. The zero-order chi connectivity index (χ0) is 10.1. The van der Waals surface area contributed by atoms with Crippen molar-refractivity contribution in [3.63, 3.8) is 0 Å². The number of anilines is 2. The van der Waals surface area contributed by atoms with Crippen LogP contribution < -0.4 is 10.4 Å². The summed E-state index contributed by atoms with van der Waals surface area (Å²) in [7, 11) is 1.50. The minimum atomic E-state index is -0.0515. The summed E-state index contributed by atoms with van der Waals surface area (Å²) in [4.78, 5) is 15.6. The van der Waals surface area contributed by atoms with E-state index in [1.165, 1.54) is 12.2 Å². The second-order valence-corrected chi connectivity index (χ2v) is 2.91. The minimum Gasteiger partial charge on any atom is -0.505 e. The molecule has 0 bridgehead atoms. The molecule has 1 aromatic carbocycles. The number of nitrogens with one attached hydrogen (secondary N) is 1. The van der Waals surface area contributed by atoms with E-state index >= 15 is 0 Å². The summed E-state index contributed by atoms with van der Waals surface area (Å²) in [5.74, 6) is -0.0515. The van der Waals surface area contributed by atoms with Crippen LogP contribution in [0.5, 0.6) is 5.75 Å². The van der Waals surface area contributed by atoms with Crippen molar-refractivity contribution in [3.8, 4) is 5.75 Å². The van der Waals surface area contributed by atoms with E-state index in [1.807, 2.05) is 0 Å². The fourth-order valence-corrected chi connectivity index (χ4v) is 1.48. The van der Waals surface area contributed by atoms with Crippen molar-refractivity contribution in [3.05, 3.63) is 17.7 Å². The molecule has 0 saturated heterocycles. The lowest BCUT2D eigenvalue weighted by Crippen LogP contribution is -2.20. The van der Waals surface area contributed by atoms with E-state index in [2.05, 4.69) is 5.32 Å². The summed E-state index contributed by atoms with van der Waals surface area (Å²) in [5.41, 5.74) is 1.53. The first-order chi connectivity index (χ1) is 6.77. The van der Waals surface area contributed by atoms with Crippen LogP contribution in [0.15, 0.2) is 12.1 Å². The van der Waals surface area contributed by atoms with Crippen molar-refractivity contribution in [1.82, 2.24) is 0 Å². The molecule has 2 N–H and O–H groups in total. The quantitative estimate of drug-likeness (QED) is 0.686.